The SMILES string of the molecule is OB(O)c1cnc(F)c(Cl)c1. The predicted molar refractivity (Wildman–Crippen MR) is 39.0 cm³/mol. The molecule has 1 aromatic heterocycles. The van der Waals surface area contributed by atoms with Gasteiger partial charge in [-0.05, 0) is 6.07 Å². The van der Waals surface area contributed by atoms with Crippen LogP contribution in [0.15, 0.2) is 12.3 Å². The van der Waals surface area contributed by atoms with Crippen LogP contribution in [0, 0.1) is 5.95 Å². The van der Waals surface area contributed by atoms with Crippen LogP contribution < -0.4 is 5.46 Å². The normalized spacial score (nSPS) is 9.82. The minimum atomic E-state index is -1.67. The quantitative estimate of drug-likeness (QED) is 0.449. The maximum absolute atomic E-state index is 12.4. The number of pyridine rings is 1. The zero-order valence-corrected chi connectivity index (χ0v) is 6.09. The number of hydrogen-bond donors (Lipinski definition) is 2. The van der Waals surface area contributed by atoms with Gasteiger partial charge in [-0.25, -0.2) is 4.98 Å². The van der Waals surface area contributed by atoms with Crippen LogP contribution in [0.2, 0.25) is 5.02 Å². The molecule has 6 heteroatoms. The van der Waals surface area contributed by atoms with Gasteiger partial charge in [0.2, 0.25) is 5.95 Å². The van der Waals surface area contributed by atoms with Gasteiger partial charge in [-0.3, -0.25) is 0 Å². The molecule has 0 unspecified atom stereocenters. The Hall–Kier alpha value is -0.645. The Morgan fingerprint density at radius 2 is 2.18 bits per heavy atom. The fourth-order valence-corrected chi connectivity index (χ4v) is 0.752. The van der Waals surface area contributed by atoms with Gasteiger partial charge in [-0.2, -0.15) is 4.39 Å². The molecule has 58 valence electrons. The first-order valence-corrected chi connectivity index (χ1v) is 3.16. The summed E-state index contributed by atoms with van der Waals surface area (Å²) in [6.07, 6.45) is 1.01. The molecule has 2 N–H and O–H groups in total. The molecule has 0 aromatic carbocycles. The first kappa shape index (κ1) is 8.45. The standard InChI is InChI=1S/C5H4BClFNO2/c7-4-1-3(6(10)11)2-9-5(4)8/h1-2,10-11H. The van der Waals surface area contributed by atoms with Crippen LogP contribution in [0.3, 0.4) is 0 Å². The number of halogens is 2. The summed E-state index contributed by atoms with van der Waals surface area (Å²) in [6, 6.07) is 1.11. The van der Waals surface area contributed by atoms with E-state index in [0.717, 1.165) is 12.3 Å². The molecule has 0 amide bonds. The number of aromatic nitrogens is 1. The van der Waals surface area contributed by atoms with Crippen molar-refractivity contribution < 1.29 is 14.4 Å². The second-order valence-electron chi connectivity index (χ2n) is 1.91. The molecule has 1 rings (SSSR count). The molecule has 0 spiro atoms. The van der Waals surface area contributed by atoms with Crippen LogP contribution in [0.4, 0.5) is 4.39 Å². The van der Waals surface area contributed by atoms with Gasteiger partial charge in [0.05, 0.1) is 5.02 Å². The van der Waals surface area contributed by atoms with E-state index >= 15 is 0 Å². The van der Waals surface area contributed by atoms with Crippen molar-refractivity contribution in [2.75, 3.05) is 0 Å². The van der Waals surface area contributed by atoms with Crippen LogP contribution in [-0.2, 0) is 0 Å². The third kappa shape index (κ3) is 1.89. The summed E-state index contributed by atoms with van der Waals surface area (Å²) in [5.41, 5.74) is 0.0661. The molecule has 0 aliphatic carbocycles. The van der Waals surface area contributed by atoms with Crippen LogP contribution >= 0.6 is 11.6 Å². The van der Waals surface area contributed by atoms with E-state index in [4.69, 9.17) is 21.6 Å². The van der Waals surface area contributed by atoms with Crippen molar-refractivity contribution in [2.45, 2.75) is 0 Å². The minimum absolute atomic E-state index is 0.0661. The lowest BCUT2D eigenvalue weighted by molar-refractivity contribution is 0.425. The first-order valence-electron chi connectivity index (χ1n) is 2.78. The van der Waals surface area contributed by atoms with Crippen LogP contribution in [0.25, 0.3) is 0 Å². The molecule has 0 saturated heterocycles. The van der Waals surface area contributed by atoms with Crippen LogP contribution in [-0.4, -0.2) is 22.2 Å². The van der Waals surface area contributed by atoms with E-state index < -0.39 is 13.1 Å². The van der Waals surface area contributed by atoms with Gasteiger partial charge in [0.15, 0.2) is 0 Å². The highest BCUT2D eigenvalue weighted by molar-refractivity contribution is 6.58. The van der Waals surface area contributed by atoms with E-state index in [1.54, 1.807) is 0 Å². The lowest BCUT2D eigenvalue weighted by Crippen LogP contribution is -2.30. The van der Waals surface area contributed by atoms with Crippen molar-refractivity contribution in [2.24, 2.45) is 0 Å². The second kappa shape index (κ2) is 3.17. The lowest BCUT2D eigenvalue weighted by atomic mass is 9.82. The average molecular weight is 175 g/mol. The molecule has 0 fully saturated rings. The first-order chi connectivity index (χ1) is 5.11. The van der Waals surface area contributed by atoms with E-state index in [9.17, 15) is 4.39 Å². The van der Waals surface area contributed by atoms with Gasteiger partial charge in [0, 0.05) is 11.7 Å². The Balaban J connectivity index is 3.05. The molecule has 3 nitrogen and oxygen atoms in total. The maximum Gasteiger partial charge on any atom is 0.490 e. The average Bonchev–Trinajstić information content (AvgIpc) is 1.94. The Labute approximate surface area is 67.6 Å². The Kier molecular flexibility index (Phi) is 2.43. The fourth-order valence-electron chi connectivity index (χ4n) is 0.577. The fraction of sp³-hybridized carbons (Fsp3) is 0. The molecule has 0 bridgehead atoms. The topological polar surface area (TPSA) is 53.4 Å². The third-order valence-electron chi connectivity index (χ3n) is 1.12. The number of rotatable bonds is 1. The molecular weight excluding hydrogens is 171 g/mol. The van der Waals surface area contributed by atoms with Crippen LogP contribution in [0.5, 0.6) is 0 Å². The monoisotopic (exact) mass is 175 g/mol. The molecule has 0 aliphatic rings. The van der Waals surface area contributed by atoms with Gasteiger partial charge < -0.3 is 10.0 Å². The summed E-state index contributed by atoms with van der Waals surface area (Å²) in [7, 11) is -1.67. The third-order valence-corrected chi connectivity index (χ3v) is 1.38. The summed E-state index contributed by atoms with van der Waals surface area (Å²) in [4.78, 5) is 3.18. The highest BCUT2D eigenvalue weighted by Gasteiger charge is 2.13. The van der Waals surface area contributed by atoms with E-state index in [2.05, 4.69) is 4.98 Å². The van der Waals surface area contributed by atoms with Crippen molar-refractivity contribution >= 4 is 24.2 Å². The molecule has 0 radical (unpaired) electrons. The summed E-state index contributed by atoms with van der Waals surface area (Å²) >= 11 is 5.30. The smallest absolute Gasteiger partial charge is 0.423 e. The highest BCUT2D eigenvalue weighted by Crippen LogP contribution is 2.07. The lowest BCUT2D eigenvalue weighted by Gasteiger charge is -1.98. The van der Waals surface area contributed by atoms with Gasteiger partial charge in [-0.1, -0.05) is 11.6 Å². The predicted octanol–water partition coefficient (Wildman–Crippen LogP) is -0.446. The summed E-state index contributed by atoms with van der Waals surface area (Å²) < 4.78 is 12.4. The zero-order valence-electron chi connectivity index (χ0n) is 5.33. The van der Waals surface area contributed by atoms with Crippen molar-refractivity contribution in [3.8, 4) is 0 Å². The van der Waals surface area contributed by atoms with Gasteiger partial charge >= 0.3 is 7.12 Å². The summed E-state index contributed by atoms with van der Waals surface area (Å²) in [5, 5.41) is 16.9. The van der Waals surface area contributed by atoms with Crippen molar-refractivity contribution in [1.82, 2.24) is 4.98 Å². The largest absolute Gasteiger partial charge is 0.490 e. The van der Waals surface area contributed by atoms with Crippen molar-refractivity contribution in [1.29, 1.82) is 0 Å². The van der Waals surface area contributed by atoms with Gasteiger partial charge in [-0.15, -0.1) is 0 Å². The second-order valence-corrected chi connectivity index (χ2v) is 2.32. The van der Waals surface area contributed by atoms with Crippen molar-refractivity contribution in [3.05, 3.63) is 23.2 Å². The summed E-state index contributed by atoms with van der Waals surface area (Å²) in [5.74, 6) is -0.823. The van der Waals surface area contributed by atoms with E-state index in [0.29, 0.717) is 0 Å². The van der Waals surface area contributed by atoms with E-state index in [1.807, 2.05) is 0 Å². The number of hydrogen-bond acceptors (Lipinski definition) is 3. The molecule has 1 heterocycles. The molecule has 1 aromatic rings. The van der Waals surface area contributed by atoms with Crippen LogP contribution in [0.1, 0.15) is 0 Å². The molecule has 11 heavy (non-hydrogen) atoms. The molecule has 0 atom stereocenters. The maximum atomic E-state index is 12.4. The Bertz CT molecular complexity index is 271. The van der Waals surface area contributed by atoms with Gasteiger partial charge in [0.25, 0.3) is 0 Å². The van der Waals surface area contributed by atoms with Crippen molar-refractivity contribution in [3.63, 3.8) is 0 Å². The molecule has 0 aliphatic heterocycles. The molecular formula is C5H4BClFNO2. The summed E-state index contributed by atoms with van der Waals surface area (Å²) in [6.45, 7) is 0. The minimum Gasteiger partial charge on any atom is -0.423 e. The molecule has 0 saturated carbocycles. The Morgan fingerprint density at radius 1 is 1.55 bits per heavy atom. The number of nitrogens with zero attached hydrogens (tertiary/aromatic N) is 1. The van der Waals surface area contributed by atoms with E-state index in [1.165, 1.54) is 0 Å². The van der Waals surface area contributed by atoms with Gasteiger partial charge in [0.1, 0.15) is 0 Å². The Morgan fingerprint density at radius 3 is 2.64 bits per heavy atom. The van der Waals surface area contributed by atoms with E-state index in [-0.39, 0.29) is 10.5 Å². The highest BCUT2D eigenvalue weighted by atomic mass is 35.5. The zero-order chi connectivity index (χ0) is 8.43.